The third-order valence-electron chi connectivity index (χ3n) is 5.22. The fraction of sp³-hybridized carbons (Fsp3) is 0.304. The van der Waals surface area contributed by atoms with E-state index in [1.165, 1.54) is 6.07 Å². The van der Waals surface area contributed by atoms with Gasteiger partial charge in [0, 0.05) is 6.42 Å². The normalized spacial score (nSPS) is 26.5. The average molecular weight is 412 g/mol. The van der Waals surface area contributed by atoms with E-state index in [4.69, 9.17) is 29.5 Å². The lowest BCUT2D eigenvalue weighted by atomic mass is 10.1. The molecule has 2 saturated heterocycles. The van der Waals surface area contributed by atoms with Crippen molar-refractivity contribution in [2.75, 3.05) is 13.2 Å². The molecule has 152 valence electrons. The fourth-order valence-corrected chi connectivity index (χ4v) is 3.74. The molecule has 1 aromatic carbocycles. The molecule has 1 aromatic rings. The summed E-state index contributed by atoms with van der Waals surface area (Å²) in [5.74, 6) is 1.02. The summed E-state index contributed by atoms with van der Waals surface area (Å²) in [6.07, 6.45) is 3.95. The van der Waals surface area contributed by atoms with Crippen molar-refractivity contribution in [2.45, 2.75) is 30.8 Å². The molecule has 0 bridgehead atoms. The average Bonchev–Trinajstić information content (AvgIpc) is 3.31. The number of fused-ring (bicyclic) bond motifs is 1. The van der Waals surface area contributed by atoms with Crippen molar-refractivity contribution in [3.63, 3.8) is 0 Å². The molecule has 0 radical (unpaired) electrons. The maximum Gasteiger partial charge on any atom is 0.151 e. The molecule has 4 atom stereocenters. The Balaban J connectivity index is 1.44. The lowest BCUT2D eigenvalue weighted by Crippen LogP contribution is -2.35. The van der Waals surface area contributed by atoms with Gasteiger partial charge in [-0.2, -0.15) is 21.0 Å². The number of nitrogens with zero attached hydrogens (tertiary/aromatic N) is 4. The molecule has 8 heteroatoms. The molecular weight excluding hydrogens is 396 g/mol. The predicted molar refractivity (Wildman–Crippen MR) is 105 cm³/mol. The molecule has 0 amide bonds. The van der Waals surface area contributed by atoms with Crippen LogP contribution in [0.2, 0.25) is 0 Å². The van der Waals surface area contributed by atoms with Crippen molar-refractivity contribution >= 4 is 0 Å². The number of ether oxygens (including phenoxy) is 4. The summed E-state index contributed by atoms with van der Waals surface area (Å²) in [5.41, 5.74) is 1.09. The Bertz CT molecular complexity index is 1160. The number of hydrogen-bond acceptors (Lipinski definition) is 8. The van der Waals surface area contributed by atoms with Crippen LogP contribution in [-0.4, -0.2) is 37.6 Å². The van der Waals surface area contributed by atoms with Crippen molar-refractivity contribution in [1.29, 1.82) is 21.0 Å². The van der Waals surface area contributed by atoms with Crippen LogP contribution in [0.4, 0.5) is 0 Å². The second-order valence-corrected chi connectivity index (χ2v) is 7.11. The van der Waals surface area contributed by atoms with E-state index in [1.807, 2.05) is 24.3 Å². The molecule has 0 aromatic heterocycles. The van der Waals surface area contributed by atoms with Gasteiger partial charge in [0.15, 0.2) is 12.2 Å². The first-order valence-electron chi connectivity index (χ1n) is 9.59. The topological polar surface area (TPSA) is 132 Å². The number of rotatable bonds is 4. The molecule has 0 spiro atoms. The van der Waals surface area contributed by atoms with Gasteiger partial charge < -0.3 is 18.9 Å². The minimum Gasteiger partial charge on any atom is -0.489 e. The van der Waals surface area contributed by atoms with E-state index in [-0.39, 0.29) is 47.7 Å². The van der Waals surface area contributed by atoms with Gasteiger partial charge in [-0.3, -0.25) is 0 Å². The van der Waals surface area contributed by atoms with E-state index in [0.29, 0.717) is 30.1 Å². The Labute approximate surface area is 179 Å². The van der Waals surface area contributed by atoms with E-state index in [1.54, 1.807) is 30.4 Å². The second-order valence-electron chi connectivity index (χ2n) is 7.11. The van der Waals surface area contributed by atoms with Gasteiger partial charge in [-0.05, 0) is 30.4 Å². The van der Waals surface area contributed by atoms with Crippen LogP contribution in [0.5, 0.6) is 5.75 Å². The summed E-state index contributed by atoms with van der Waals surface area (Å²) in [7, 11) is 0. The van der Waals surface area contributed by atoms with Gasteiger partial charge in [0.1, 0.15) is 48.0 Å². The van der Waals surface area contributed by atoms with Crippen molar-refractivity contribution in [2.24, 2.45) is 0 Å². The van der Waals surface area contributed by atoms with Gasteiger partial charge in [0.2, 0.25) is 0 Å². The quantitative estimate of drug-likeness (QED) is 0.737. The van der Waals surface area contributed by atoms with Crippen LogP contribution in [0, 0.1) is 45.3 Å². The van der Waals surface area contributed by atoms with E-state index in [0.717, 1.165) is 0 Å². The van der Waals surface area contributed by atoms with Crippen LogP contribution in [-0.2, 0) is 14.2 Å². The molecule has 2 fully saturated rings. The summed E-state index contributed by atoms with van der Waals surface area (Å²) < 4.78 is 23.8. The SMILES string of the molecule is N#CC1=C(C#N)C=C(OC2COC3C(Oc4ccc(C#N)c(C#N)c4)COC23)CC=C1. The Kier molecular flexibility index (Phi) is 5.69. The maximum absolute atomic E-state index is 9.29. The van der Waals surface area contributed by atoms with Crippen molar-refractivity contribution < 1.29 is 18.9 Å². The van der Waals surface area contributed by atoms with Gasteiger partial charge in [0.25, 0.3) is 0 Å². The molecule has 31 heavy (non-hydrogen) atoms. The standard InChI is InChI=1S/C23H16N4O4/c24-8-14-2-1-3-18(6-16(14)10-26)30-20-12-28-23-21(13-29-22(20)23)31-19-5-4-15(9-25)17(7-19)11-27/h1-2,4-7,20-23H,3,12-13H2. The molecule has 8 nitrogen and oxygen atoms in total. The van der Waals surface area contributed by atoms with Crippen LogP contribution >= 0.6 is 0 Å². The summed E-state index contributed by atoms with van der Waals surface area (Å²) in [6, 6.07) is 12.7. The van der Waals surface area contributed by atoms with Crippen LogP contribution in [0.1, 0.15) is 17.5 Å². The molecule has 0 N–H and O–H groups in total. The largest absolute Gasteiger partial charge is 0.489 e. The third-order valence-corrected chi connectivity index (χ3v) is 5.22. The van der Waals surface area contributed by atoms with E-state index >= 15 is 0 Å². The van der Waals surface area contributed by atoms with E-state index in [2.05, 4.69) is 0 Å². The van der Waals surface area contributed by atoms with Crippen molar-refractivity contribution in [3.8, 4) is 30.0 Å². The first kappa shape index (κ1) is 20.2. The molecule has 1 aliphatic carbocycles. The Morgan fingerprint density at radius 3 is 2.13 bits per heavy atom. The Morgan fingerprint density at radius 2 is 1.48 bits per heavy atom. The van der Waals surface area contributed by atoms with Crippen molar-refractivity contribution in [3.05, 3.63) is 64.5 Å². The molecule has 0 saturated carbocycles. The summed E-state index contributed by atoms with van der Waals surface area (Å²) in [5, 5.41) is 36.7. The molecule has 4 rings (SSSR count). The predicted octanol–water partition coefficient (Wildman–Crippen LogP) is 2.55. The van der Waals surface area contributed by atoms with E-state index in [9.17, 15) is 10.5 Å². The smallest absolute Gasteiger partial charge is 0.151 e. The molecule has 2 aliphatic heterocycles. The summed E-state index contributed by atoms with van der Waals surface area (Å²) >= 11 is 0. The Hall–Kier alpha value is -4.08. The van der Waals surface area contributed by atoms with Gasteiger partial charge >= 0.3 is 0 Å². The third kappa shape index (κ3) is 4.00. The lowest BCUT2D eigenvalue weighted by molar-refractivity contribution is -0.00892. The maximum atomic E-state index is 9.29. The van der Waals surface area contributed by atoms with Gasteiger partial charge in [0.05, 0.1) is 35.5 Å². The molecule has 4 unspecified atom stereocenters. The van der Waals surface area contributed by atoms with Gasteiger partial charge in [-0.1, -0.05) is 6.08 Å². The number of benzene rings is 1. The minimum atomic E-state index is -0.388. The Morgan fingerprint density at radius 1 is 0.806 bits per heavy atom. The highest BCUT2D eigenvalue weighted by Crippen LogP contribution is 2.33. The highest BCUT2D eigenvalue weighted by molar-refractivity contribution is 5.52. The molecular formula is C23H16N4O4. The molecule has 2 heterocycles. The number of nitriles is 4. The van der Waals surface area contributed by atoms with Crippen LogP contribution in [0.25, 0.3) is 0 Å². The highest BCUT2D eigenvalue weighted by atomic mass is 16.6. The lowest BCUT2D eigenvalue weighted by Gasteiger charge is -2.19. The number of allylic oxidation sites excluding steroid dienone is 5. The zero-order valence-corrected chi connectivity index (χ0v) is 16.3. The second kappa shape index (κ2) is 8.74. The fourth-order valence-electron chi connectivity index (χ4n) is 3.74. The van der Waals surface area contributed by atoms with Crippen molar-refractivity contribution in [1.82, 2.24) is 0 Å². The van der Waals surface area contributed by atoms with Crippen LogP contribution in [0.15, 0.2) is 53.3 Å². The van der Waals surface area contributed by atoms with Gasteiger partial charge in [-0.15, -0.1) is 0 Å². The summed E-state index contributed by atoms with van der Waals surface area (Å²) in [6.45, 7) is 0.585. The van der Waals surface area contributed by atoms with Gasteiger partial charge in [-0.25, -0.2) is 0 Å². The van der Waals surface area contributed by atoms with Crippen LogP contribution in [0.3, 0.4) is 0 Å². The first-order chi connectivity index (χ1) is 15.2. The zero-order valence-electron chi connectivity index (χ0n) is 16.3. The zero-order chi connectivity index (χ0) is 21.8. The summed E-state index contributed by atoms with van der Waals surface area (Å²) in [4.78, 5) is 0. The van der Waals surface area contributed by atoms with Crippen LogP contribution < -0.4 is 4.74 Å². The van der Waals surface area contributed by atoms with E-state index < -0.39 is 0 Å². The first-order valence-corrected chi connectivity index (χ1v) is 9.59. The number of hydrogen-bond donors (Lipinski definition) is 0. The monoisotopic (exact) mass is 412 g/mol. The highest BCUT2D eigenvalue weighted by Gasteiger charge is 2.50. The molecule has 3 aliphatic rings. The minimum absolute atomic E-state index is 0.246.